The minimum absolute atomic E-state index is 0.111. The first-order chi connectivity index (χ1) is 15.8. The number of aryl methyl sites for hydroxylation is 2. The first-order valence-electron chi connectivity index (χ1n) is 10.7. The summed E-state index contributed by atoms with van der Waals surface area (Å²) >= 11 is 1.32. The van der Waals surface area contributed by atoms with Crippen molar-refractivity contribution < 1.29 is 14.3 Å². The van der Waals surface area contributed by atoms with Crippen molar-refractivity contribution in [3.63, 3.8) is 0 Å². The number of thioether (sulfide) groups is 1. The maximum Gasteiger partial charge on any atom is 0.251 e. The van der Waals surface area contributed by atoms with Crippen LogP contribution in [0.15, 0.2) is 47.6 Å². The summed E-state index contributed by atoms with van der Waals surface area (Å²) in [6.07, 6.45) is 0. The topological polar surface area (TPSA) is 98.1 Å². The number of carbonyl (C=O) groups excluding carboxylic acids is 2. The van der Waals surface area contributed by atoms with Crippen LogP contribution in [0.5, 0.6) is 5.75 Å². The summed E-state index contributed by atoms with van der Waals surface area (Å²) < 4.78 is 7.04. The molecule has 0 aliphatic heterocycles. The highest BCUT2D eigenvalue weighted by Crippen LogP contribution is 2.22. The van der Waals surface area contributed by atoms with Gasteiger partial charge in [-0.2, -0.15) is 0 Å². The Morgan fingerprint density at radius 2 is 1.85 bits per heavy atom. The average Bonchev–Trinajstić information content (AvgIpc) is 3.22. The molecule has 3 aromatic rings. The SMILES string of the molecule is CCn1c(SCC(=O)Nc2ccc(C)cc2C)nnc1[C@H](C)NC(=O)c1ccc(OC)cc1. The molecule has 2 N–H and O–H groups in total. The number of rotatable bonds is 9. The molecule has 0 saturated carbocycles. The average molecular weight is 468 g/mol. The molecule has 0 bridgehead atoms. The Morgan fingerprint density at radius 3 is 2.48 bits per heavy atom. The normalized spacial score (nSPS) is 11.7. The Kier molecular flexibility index (Phi) is 8.11. The molecule has 9 heteroatoms. The molecule has 2 aromatic carbocycles. The van der Waals surface area contributed by atoms with Gasteiger partial charge in [-0.25, -0.2) is 0 Å². The van der Waals surface area contributed by atoms with Gasteiger partial charge in [-0.05, 0) is 63.6 Å². The molecule has 0 radical (unpaired) electrons. The van der Waals surface area contributed by atoms with E-state index in [2.05, 4.69) is 20.8 Å². The number of methoxy groups -OCH3 is 1. The largest absolute Gasteiger partial charge is 0.497 e. The highest BCUT2D eigenvalue weighted by atomic mass is 32.2. The fourth-order valence-corrected chi connectivity index (χ4v) is 4.19. The van der Waals surface area contributed by atoms with E-state index < -0.39 is 0 Å². The number of ether oxygens (including phenoxy) is 1. The number of aromatic nitrogens is 3. The monoisotopic (exact) mass is 467 g/mol. The Labute approximate surface area is 198 Å². The summed E-state index contributed by atoms with van der Waals surface area (Å²) in [6, 6.07) is 12.5. The first-order valence-corrected chi connectivity index (χ1v) is 11.7. The van der Waals surface area contributed by atoms with E-state index in [1.54, 1.807) is 31.4 Å². The zero-order valence-corrected chi connectivity index (χ0v) is 20.3. The lowest BCUT2D eigenvalue weighted by Gasteiger charge is -2.15. The molecule has 0 spiro atoms. The second-order valence-electron chi connectivity index (χ2n) is 7.66. The number of hydrogen-bond acceptors (Lipinski definition) is 6. The standard InChI is InChI=1S/C24H29N5O3S/c1-6-29-22(17(4)25-23(31)18-8-10-19(32-5)11-9-18)27-28-24(29)33-14-21(30)26-20-12-7-15(2)13-16(20)3/h7-13,17H,6,14H2,1-5H3,(H,25,31)(H,26,30)/t17-/m0/s1. The van der Waals surface area contributed by atoms with Gasteiger partial charge in [0.1, 0.15) is 5.75 Å². The number of amides is 2. The van der Waals surface area contributed by atoms with Crippen LogP contribution >= 0.6 is 11.8 Å². The van der Waals surface area contributed by atoms with Crippen molar-refractivity contribution in [2.45, 2.75) is 45.4 Å². The van der Waals surface area contributed by atoms with Gasteiger partial charge >= 0.3 is 0 Å². The summed E-state index contributed by atoms with van der Waals surface area (Å²) in [7, 11) is 1.58. The fraction of sp³-hybridized carbons (Fsp3) is 0.333. The summed E-state index contributed by atoms with van der Waals surface area (Å²) in [5.74, 6) is 1.21. The van der Waals surface area contributed by atoms with E-state index in [1.807, 2.05) is 50.5 Å². The van der Waals surface area contributed by atoms with Crippen molar-refractivity contribution in [3.05, 3.63) is 65.0 Å². The van der Waals surface area contributed by atoms with E-state index in [4.69, 9.17) is 4.74 Å². The van der Waals surface area contributed by atoms with E-state index in [9.17, 15) is 9.59 Å². The molecule has 1 aromatic heterocycles. The van der Waals surface area contributed by atoms with Gasteiger partial charge in [-0.1, -0.05) is 29.5 Å². The van der Waals surface area contributed by atoms with Gasteiger partial charge in [0.15, 0.2) is 11.0 Å². The third-order valence-electron chi connectivity index (χ3n) is 5.14. The van der Waals surface area contributed by atoms with Gasteiger partial charge < -0.3 is 19.9 Å². The van der Waals surface area contributed by atoms with E-state index in [0.29, 0.717) is 28.8 Å². The molecule has 8 nitrogen and oxygen atoms in total. The van der Waals surface area contributed by atoms with Gasteiger partial charge in [0, 0.05) is 17.8 Å². The van der Waals surface area contributed by atoms with E-state index in [0.717, 1.165) is 16.8 Å². The first kappa shape index (κ1) is 24.3. The number of hydrogen-bond donors (Lipinski definition) is 2. The minimum atomic E-state index is -0.356. The second-order valence-corrected chi connectivity index (χ2v) is 8.61. The number of anilines is 1. The summed E-state index contributed by atoms with van der Waals surface area (Å²) in [5, 5.41) is 15.1. The molecule has 1 heterocycles. The predicted octanol–water partition coefficient (Wildman–Crippen LogP) is 4.15. The van der Waals surface area contributed by atoms with Crippen LogP contribution < -0.4 is 15.4 Å². The predicted molar refractivity (Wildman–Crippen MR) is 130 cm³/mol. The molecule has 0 aliphatic rings. The highest BCUT2D eigenvalue weighted by Gasteiger charge is 2.20. The quantitative estimate of drug-likeness (QED) is 0.459. The Bertz CT molecular complexity index is 1130. The van der Waals surface area contributed by atoms with Crippen LogP contribution in [-0.2, 0) is 11.3 Å². The van der Waals surface area contributed by atoms with E-state index in [-0.39, 0.29) is 23.6 Å². The lowest BCUT2D eigenvalue weighted by molar-refractivity contribution is -0.113. The Hall–Kier alpha value is -3.33. The molecular weight excluding hydrogens is 438 g/mol. The van der Waals surface area contributed by atoms with Crippen molar-refractivity contribution >= 4 is 29.3 Å². The van der Waals surface area contributed by atoms with Crippen LogP contribution in [0.2, 0.25) is 0 Å². The van der Waals surface area contributed by atoms with Crippen molar-refractivity contribution in [3.8, 4) is 5.75 Å². The third kappa shape index (κ3) is 6.13. The lowest BCUT2D eigenvalue weighted by Crippen LogP contribution is -2.28. The molecule has 0 fully saturated rings. The molecule has 174 valence electrons. The number of carbonyl (C=O) groups is 2. The van der Waals surface area contributed by atoms with E-state index >= 15 is 0 Å². The molecular formula is C24H29N5O3S. The molecule has 1 atom stereocenters. The van der Waals surface area contributed by atoms with Crippen molar-refractivity contribution in [2.75, 3.05) is 18.2 Å². The van der Waals surface area contributed by atoms with E-state index in [1.165, 1.54) is 11.8 Å². The third-order valence-corrected chi connectivity index (χ3v) is 6.10. The van der Waals surface area contributed by atoms with Crippen LogP contribution in [0, 0.1) is 13.8 Å². The van der Waals surface area contributed by atoms with Crippen LogP contribution in [0.1, 0.15) is 47.2 Å². The molecule has 0 aliphatic carbocycles. The maximum absolute atomic E-state index is 12.6. The second kappa shape index (κ2) is 11.0. The highest BCUT2D eigenvalue weighted by molar-refractivity contribution is 7.99. The fourth-order valence-electron chi connectivity index (χ4n) is 3.38. The van der Waals surface area contributed by atoms with Crippen LogP contribution in [0.25, 0.3) is 0 Å². The Morgan fingerprint density at radius 1 is 1.12 bits per heavy atom. The summed E-state index contributed by atoms with van der Waals surface area (Å²) in [4.78, 5) is 25.1. The smallest absolute Gasteiger partial charge is 0.251 e. The minimum Gasteiger partial charge on any atom is -0.497 e. The van der Waals surface area contributed by atoms with Gasteiger partial charge in [0.05, 0.1) is 18.9 Å². The number of nitrogens with one attached hydrogen (secondary N) is 2. The number of benzene rings is 2. The summed E-state index contributed by atoms with van der Waals surface area (Å²) in [5.41, 5.74) is 3.51. The number of nitrogens with zero attached hydrogens (tertiary/aromatic N) is 3. The zero-order chi connectivity index (χ0) is 24.0. The van der Waals surface area contributed by atoms with Gasteiger partial charge in [-0.15, -0.1) is 10.2 Å². The van der Waals surface area contributed by atoms with Gasteiger partial charge in [0.25, 0.3) is 5.91 Å². The van der Waals surface area contributed by atoms with Crippen molar-refractivity contribution in [2.24, 2.45) is 0 Å². The Balaban J connectivity index is 1.62. The van der Waals surface area contributed by atoms with Crippen LogP contribution in [-0.4, -0.2) is 39.4 Å². The molecule has 33 heavy (non-hydrogen) atoms. The molecule has 3 rings (SSSR count). The molecule has 0 saturated heterocycles. The maximum atomic E-state index is 12.6. The van der Waals surface area contributed by atoms with Gasteiger partial charge in [-0.3, -0.25) is 9.59 Å². The van der Waals surface area contributed by atoms with Crippen LogP contribution in [0.3, 0.4) is 0 Å². The summed E-state index contributed by atoms with van der Waals surface area (Å²) in [6.45, 7) is 8.44. The molecule has 0 unspecified atom stereocenters. The van der Waals surface area contributed by atoms with Crippen molar-refractivity contribution in [1.82, 2.24) is 20.1 Å². The zero-order valence-electron chi connectivity index (χ0n) is 19.5. The molecule has 2 amide bonds. The lowest BCUT2D eigenvalue weighted by atomic mass is 10.1. The van der Waals surface area contributed by atoms with Crippen molar-refractivity contribution in [1.29, 1.82) is 0 Å². The van der Waals surface area contributed by atoms with Gasteiger partial charge in [0.2, 0.25) is 5.91 Å². The van der Waals surface area contributed by atoms with Crippen LogP contribution in [0.4, 0.5) is 5.69 Å².